The number of ether oxygens (including phenoxy) is 1. The van der Waals surface area contributed by atoms with Gasteiger partial charge in [0.25, 0.3) is 5.69 Å². The fraction of sp³-hybridized carbons (Fsp3) is 0.188. The maximum atomic E-state index is 12.1. The summed E-state index contributed by atoms with van der Waals surface area (Å²) in [6, 6.07) is 7.74. The molecule has 0 bridgehead atoms. The van der Waals surface area contributed by atoms with Crippen LogP contribution in [0, 0.1) is 10.1 Å². The predicted molar refractivity (Wildman–Crippen MR) is 94.2 cm³/mol. The minimum Gasteiger partial charge on any atom is -0.495 e. The number of methoxy groups -OCH3 is 1. The van der Waals surface area contributed by atoms with Crippen LogP contribution in [-0.4, -0.2) is 28.1 Å². The number of nitro benzene ring substituents is 1. The van der Waals surface area contributed by atoms with Gasteiger partial charge in [0.2, 0.25) is 17.6 Å². The fourth-order valence-electron chi connectivity index (χ4n) is 2.20. The van der Waals surface area contributed by atoms with Crippen LogP contribution in [0.4, 0.5) is 11.4 Å². The minimum atomic E-state index is -0.542. The SMILES string of the molecule is COc1ccc([N+](=O)[O-])cc1NC(=O)CCc1nc(-c2cccs2)no1. The number of carbonyl (C=O) groups is 1. The van der Waals surface area contributed by atoms with E-state index in [4.69, 9.17) is 9.26 Å². The smallest absolute Gasteiger partial charge is 0.271 e. The van der Waals surface area contributed by atoms with Crippen LogP contribution in [0.15, 0.2) is 40.2 Å². The van der Waals surface area contributed by atoms with E-state index in [1.807, 2.05) is 17.5 Å². The first kappa shape index (κ1) is 17.5. The average molecular weight is 374 g/mol. The van der Waals surface area contributed by atoms with Crippen molar-refractivity contribution in [2.75, 3.05) is 12.4 Å². The first-order valence-corrected chi connectivity index (χ1v) is 8.43. The molecule has 3 aromatic rings. The van der Waals surface area contributed by atoms with E-state index in [0.717, 1.165) is 4.88 Å². The first-order chi connectivity index (χ1) is 12.6. The molecular weight excluding hydrogens is 360 g/mol. The summed E-state index contributed by atoms with van der Waals surface area (Å²) in [5, 5.41) is 19.3. The van der Waals surface area contributed by atoms with Gasteiger partial charge in [-0.3, -0.25) is 14.9 Å². The number of nitro groups is 1. The quantitative estimate of drug-likeness (QED) is 0.497. The molecule has 0 fully saturated rings. The summed E-state index contributed by atoms with van der Waals surface area (Å²) < 4.78 is 10.2. The van der Waals surface area contributed by atoms with E-state index in [-0.39, 0.29) is 30.1 Å². The topological polar surface area (TPSA) is 120 Å². The standard InChI is InChI=1S/C16H14N4O5S/c1-24-12-5-4-10(20(22)23)9-11(12)17-14(21)6-7-15-18-16(19-25-15)13-3-2-8-26-13/h2-5,8-9H,6-7H2,1H3,(H,17,21). The van der Waals surface area contributed by atoms with E-state index in [0.29, 0.717) is 17.5 Å². The number of nitrogens with zero attached hydrogens (tertiary/aromatic N) is 3. The lowest BCUT2D eigenvalue weighted by Crippen LogP contribution is -2.13. The number of aryl methyl sites for hydroxylation is 1. The van der Waals surface area contributed by atoms with Crippen molar-refractivity contribution in [3.05, 3.63) is 51.7 Å². The molecule has 0 radical (unpaired) electrons. The van der Waals surface area contributed by atoms with Gasteiger partial charge >= 0.3 is 0 Å². The molecule has 1 N–H and O–H groups in total. The summed E-state index contributed by atoms with van der Waals surface area (Å²) in [6.07, 6.45) is 0.333. The highest BCUT2D eigenvalue weighted by molar-refractivity contribution is 7.13. The number of benzene rings is 1. The first-order valence-electron chi connectivity index (χ1n) is 7.55. The van der Waals surface area contributed by atoms with E-state index in [1.54, 1.807) is 0 Å². The highest BCUT2D eigenvalue weighted by Gasteiger charge is 2.15. The summed E-state index contributed by atoms with van der Waals surface area (Å²) in [5.41, 5.74) is 0.0927. The summed E-state index contributed by atoms with van der Waals surface area (Å²) in [6.45, 7) is 0. The summed E-state index contributed by atoms with van der Waals surface area (Å²) in [4.78, 5) is 27.6. The van der Waals surface area contributed by atoms with Crippen molar-refractivity contribution in [2.45, 2.75) is 12.8 Å². The molecule has 2 aromatic heterocycles. The molecule has 26 heavy (non-hydrogen) atoms. The monoisotopic (exact) mass is 374 g/mol. The molecule has 1 amide bonds. The number of aromatic nitrogens is 2. The van der Waals surface area contributed by atoms with Gasteiger partial charge in [0.05, 0.1) is 22.6 Å². The van der Waals surface area contributed by atoms with Crippen molar-refractivity contribution in [1.29, 1.82) is 0 Å². The predicted octanol–water partition coefficient (Wildman–Crippen LogP) is 3.29. The highest BCUT2D eigenvalue weighted by Crippen LogP contribution is 2.29. The Labute approximate surface area is 151 Å². The van der Waals surface area contributed by atoms with Gasteiger partial charge in [0.1, 0.15) is 5.75 Å². The largest absolute Gasteiger partial charge is 0.495 e. The van der Waals surface area contributed by atoms with Crippen LogP contribution < -0.4 is 10.1 Å². The van der Waals surface area contributed by atoms with Crippen LogP contribution in [0.5, 0.6) is 5.75 Å². The van der Waals surface area contributed by atoms with Crippen molar-refractivity contribution >= 4 is 28.6 Å². The van der Waals surface area contributed by atoms with Gasteiger partial charge in [-0.2, -0.15) is 4.98 Å². The third kappa shape index (κ3) is 4.03. The Balaban J connectivity index is 1.62. The Morgan fingerprint density at radius 2 is 2.27 bits per heavy atom. The number of carbonyl (C=O) groups excluding carboxylic acids is 1. The highest BCUT2D eigenvalue weighted by atomic mass is 32.1. The lowest BCUT2D eigenvalue weighted by atomic mass is 10.2. The summed E-state index contributed by atoms with van der Waals surface area (Å²) in [7, 11) is 1.42. The molecule has 1 aromatic carbocycles. The van der Waals surface area contributed by atoms with Gasteiger partial charge in [-0.15, -0.1) is 11.3 Å². The zero-order chi connectivity index (χ0) is 18.5. The molecule has 0 aliphatic heterocycles. The molecule has 0 saturated heterocycles. The van der Waals surface area contributed by atoms with E-state index in [9.17, 15) is 14.9 Å². The van der Waals surface area contributed by atoms with Crippen molar-refractivity contribution in [3.8, 4) is 16.5 Å². The Morgan fingerprint density at radius 1 is 1.42 bits per heavy atom. The Hall–Kier alpha value is -3.27. The second kappa shape index (κ2) is 7.74. The maximum absolute atomic E-state index is 12.1. The number of rotatable bonds is 7. The fourth-order valence-corrected chi connectivity index (χ4v) is 2.85. The number of nitrogens with one attached hydrogen (secondary N) is 1. The van der Waals surface area contributed by atoms with Gasteiger partial charge in [0, 0.05) is 25.0 Å². The molecule has 0 aliphatic carbocycles. The van der Waals surface area contributed by atoms with Crippen molar-refractivity contribution in [1.82, 2.24) is 10.1 Å². The number of hydrogen-bond donors (Lipinski definition) is 1. The average Bonchev–Trinajstić information content (AvgIpc) is 3.31. The second-order valence-electron chi connectivity index (χ2n) is 5.18. The van der Waals surface area contributed by atoms with Gasteiger partial charge in [-0.1, -0.05) is 11.2 Å². The molecular formula is C16H14N4O5S. The van der Waals surface area contributed by atoms with Gasteiger partial charge in [-0.25, -0.2) is 0 Å². The lowest BCUT2D eigenvalue weighted by Gasteiger charge is -2.09. The van der Waals surface area contributed by atoms with Crippen LogP contribution in [0.1, 0.15) is 12.3 Å². The van der Waals surface area contributed by atoms with Crippen LogP contribution in [-0.2, 0) is 11.2 Å². The van der Waals surface area contributed by atoms with Crippen LogP contribution in [0.25, 0.3) is 10.7 Å². The minimum absolute atomic E-state index is 0.0813. The number of non-ortho nitro benzene ring substituents is 1. The summed E-state index contributed by atoms with van der Waals surface area (Å²) in [5.74, 6) is 0.812. The lowest BCUT2D eigenvalue weighted by molar-refractivity contribution is -0.384. The van der Waals surface area contributed by atoms with E-state index in [1.165, 1.54) is 36.6 Å². The van der Waals surface area contributed by atoms with Crippen LogP contribution in [0.2, 0.25) is 0 Å². The summed E-state index contributed by atoms with van der Waals surface area (Å²) >= 11 is 1.49. The van der Waals surface area contributed by atoms with Gasteiger partial charge in [-0.05, 0) is 17.5 Å². The number of amides is 1. The van der Waals surface area contributed by atoms with E-state index < -0.39 is 4.92 Å². The van der Waals surface area contributed by atoms with E-state index >= 15 is 0 Å². The molecule has 10 heteroatoms. The normalized spacial score (nSPS) is 10.5. The Kier molecular flexibility index (Phi) is 5.23. The van der Waals surface area contributed by atoms with Crippen molar-refractivity contribution in [2.24, 2.45) is 0 Å². The molecule has 0 saturated carbocycles. The van der Waals surface area contributed by atoms with Crippen LogP contribution in [0.3, 0.4) is 0 Å². The number of anilines is 1. The molecule has 0 unspecified atom stereocenters. The molecule has 2 heterocycles. The molecule has 0 atom stereocenters. The van der Waals surface area contributed by atoms with Crippen LogP contribution >= 0.6 is 11.3 Å². The zero-order valence-electron chi connectivity index (χ0n) is 13.7. The second-order valence-corrected chi connectivity index (χ2v) is 6.13. The zero-order valence-corrected chi connectivity index (χ0v) is 14.5. The number of hydrogen-bond acceptors (Lipinski definition) is 8. The maximum Gasteiger partial charge on any atom is 0.271 e. The van der Waals surface area contributed by atoms with E-state index in [2.05, 4.69) is 15.5 Å². The van der Waals surface area contributed by atoms with Gasteiger partial charge < -0.3 is 14.6 Å². The molecule has 9 nitrogen and oxygen atoms in total. The molecule has 0 aliphatic rings. The van der Waals surface area contributed by atoms with Crippen molar-refractivity contribution in [3.63, 3.8) is 0 Å². The number of thiophene rings is 1. The molecule has 3 rings (SSSR count). The third-order valence-electron chi connectivity index (χ3n) is 3.44. The Morgan fingerprint density at radius 3 is 2.96 bits per heavy atom. The van der Waals surface area contributed by atoms with Crippen molar-refractivity contribution < 1.29 is 19.0 Å². The van der Waals surface area contributed by atoms with Gasteiger partial charge in [0.15, 0.2) is 0 Å². The Bertz CT molecular complexity index is 923. The molecule has 0 spiro atoms. The molecule has 134 valence electrons. The third-order valence-corrected chi connectivity index (χ3v) is 4.31.